The fourth-order valence-electron chi connectivity index (χ4n) is 16.6. The molecule has 10 saturated heterocycles. The van der Waals surface area contributed by atoms with Crippen molar-refractivity contribution in [1.82, 2.24) is 16.0 Å². The highest BCUT2D eigenvalue weighted by Crippen LogP contribution is 2.42. The molecule has 54 atom stereocenters. The Morgan fingerprint density at radius 2 is 0.534 bits per heavy atom. The summed E-state index contributed by atoms with van der Waals surface area (Å²) in [5, 5.41) is 362. The van der Waals surface area contributed by atoms with Crippen LogP contribution in [0.1, 0.15) is 20.8 Å². The van der Waals surface area contributed by atoms with Crippen LogP contribution in [-0.4, -0.2) is 592 Å². The topological polar surface area (TPSA) is 945 Å². The van der Waals surface area contributed by atoms with Crippen LogP contribution < -0.4 is 21.7 Å². The maximum Gasteiger partial charge on any atom is 0.217 e. The summed E-state index contributed by atoms with van der Waals surface area (Å²) in [6.45, 7) is -11.1. The molecule has 59 nitrogen and oxygen atoms in total. The van der Waals surface area contributed by atoms with Crippen molar-refractivity contribution in [2.45, 2.75) is 352 Å². The summed E-state index contributed by atoms with van der Waals surface area (Å²) in [5.74, 6) is -3.07. The third kappa shape index (κ3) is 24.3. The van der Waals surface area contributed by atoms with E-state index in [-0.39, 0.29) is 0 Å². The third-order valence-electron chi connectivity index (χ3n) is 23.9. The zero-order valence-corrected chi connectivity index (χ0v) is 69.9. The van der Waals surface area contributed by atoms with Gasteiger partial charge in [-0.15, -0.1) is 0 Å². The van der Waals surface area contributed by atoms with Gasteiger partial charge in [-0.3, -0.25) is 14.4 Å². The number of carbonyl (C=O) groups is 3. The normalized spacial score (nSPS) is 48.2. The lowest BCUT2D eigenvalue weighted by Gasteiger charge is -2.51. The molecule has 0 radical (unpaired) electrons. The van der Waals surface area contributed by atoms with Crippen LogP contribution in [-0.2, 0) is 109 Å². The molecule has 0 aromatic carbocycles. The zero-order chi connectivity index (χ0) is 96.7. The highest BCUT2D eigenvalue weighted by molar-refractivity contribution is 5.74. The highest BCUT2D eigenvalue weighted by Gasteiger charge is 2.63. The van der Waals surface area contributed by atoms with Crippen molar-refractivity contribution >= 4 is 17.7 Å². The van der Waals surface area contributed by atoms with Crippen molar-refractivity contribution in [2.24, 2.45) is 5.73 Å². The lowest BCUT2D eigenvalue weighted by atomic mass is 9.94. The smallest absolute Gasteiger partial charge is 0.217 e. The number of nitrogens with one attached hydrogen (secondary N) is 3. The van der Waals surface area contributed by atoms with Gasteiger partial charge in [-0.1, -0.05) is 0 Å². The standard InChI is InChI=1S/C72H124N4O55/c1-16(88)74-31-42(100)55(27(12-85)119-63(31)123-54(20(91)5-78)34(92)19(73)4-77)124-70-53(111)60(129-72-62(46(104)38(96)24(9-82)118-72)131-65-33(76-18(3)90)59(40(98)26(11-84)114-65)128-69-52(110)48(106)57(29(14-87)121-69)126-67-50(108)44(102)36(94)22(7-80)116-67)41(99)30(122-70)15-112-71-61(45(103)37(95)23(8-81)117-71)130-64-32(75-17(2)89)58(39(97)25(10-83)113-64)127-68-51(109)47(105)56(28(13-86)120-68)125-66-49(107)43(101)35(93)21(6-79)115-66/h19-72,77-87,91-111H,4-15,73H2,1-3H3,(H,74,88)(H,75,89)(H,76,90)/t19-,20+,21+,22+,23+,24+,25+,26+,27+,28+,29+,30+,31+,32+,33+,34+,35-,36-,37+,38+,39+,40+,41+,42+,43-,44-,45-,46-,47+,48+,49+,50+,51+,52+,53-,54+,55+,56-,57-,58+,59+,60-,61-,62-,63-,64-,65-,66+,67+,68-,69-,70-,71-,72+/m0/s1. The van der Waals surface area contributed by atoms with Crippen molar-refractivity contribution in [3.63, 3.8) is 0 Å². The number of nitrogens with two attached hydrogens (primary N) is 1. The molecule has 0 bridgehead atoms. The van der Waals surface area contributed by atoms with E-state index in [9.17, 15) is 178 Å². The SMILES string of the molecule is CC(=O)N[C@H]1[C@H](O[C@@H]([C@H](O)[C@@H](N)CO)[C@H](O)CO)O[C@H](CO)[C@@H](O[C@@H]2O[C@H](CO[C@H]3O[C@H](CO)[C@@H](O)[C@H](O)[C@@H]3O[C@@H]3O[C@H](CO)[C@@H](O)[C@H](O[C@@H]4O[C@H](CO)[C@H](O[C@H]5O[C@H](CO)[C@H](O)[C@H](O)[C@H]5O)[C@H](O)[C@H]4O)[C@H]3NC(C)=O)[C@@H](O)[C@H](O[C@H]3O[C@H](CO)[C@@H](O)[C@H](O)[C@@H]3O[C@@H]3O[C@H](CO)[C@@H](O)[C@H](O[C@@H]4O[C@H](CO)[C@H](O[C@H]5O[C@H](CO)[C@H](O)[C@H](O)[C@H]5O)[C@H](O)[C@H]4O)[C@H]3NC(C)=O)[C@@H]2O)[C@@H]1O. The number of hydrogen-bond donors (Lipinski definition) is 36. The van der Waals surface area contributed by atoms with Crippen LogP contribution >= 0.6 is 0 Å². The summed E-state index contributed by atoms with van der Waals surface area (Å²) in [7, 11) is 0. The number of aliphatic hydroxyl groups is 32. The summed E-state index contributed by atoms with van der Waals surface area (Å²) in [6.07, 6.45) is -108. The minimum absolute atomic E-state index is 0.879. The Balaban J connectivity index is 0.976. The fraction of sp³-hybridized carbons (Fsp3) is 0.958. The number of rotatable bonds is 38. The summed E-state index contributed by atoms with van der Waals surface area (Å²) >= 11 is 0. The molecule has 0 aromatic rings. The van der Waals surface area contributed by atoms with Crippen LogP contribution in [0.5, 0.6) is 0 Å². The van der Waals surface area contributed by atoms with Gasteiger partial charge in [0.05, 0.1) is 85.3 Å². The summed E-state index contributed by atoms with van der Waals surface area (Å²) in [4.78, 5) is 39.6. The van der Waals surface area contributed by atoms with E-state index >= 15 is 0 Å². The molecule has 0 aliphatic carbocycles. The van der Waals surface area contributed by atoms with E-state index in [0.29, 0.717) is 0 Å². The number of aliphatic hydroxyl groups excluding tert-OH is 32. The van der Waals surface area contributed by atoms with Gasteiger partial charge in [-0.05, 0) is 0 Å². The van der Waals surface area contributed by atoms with Crippen LogP contribution in [0, 0.1) is 0 Å². The van der Waals surface area contributed by atoms with Crippen molar-refractivity contribution in [2.75, 3.05) is 79.3 Å². The van der Waals surface area contributed by atoms with Crippen LogP contribution in [0.25, 0.3) is 0 Å². The Morgan fingerprint density at radius 1 is 0.267 bits per heavy atom. The molecule has 10 aliphatic heterocycles. The van der Waals surface area contributed by atoms with Crippen LogP contribution in [0.3, 0.4) is 0 Å². The fourth-order valence-corrected chi connectivity index (χ4v) is 16.6. The lowest BCUT2D eigenvalue weighted by molar-refractivity contribution is -0.399. The van der Waals surface area contributed by atoms with Crippen LogP contribution in [0.4, 0.5) is 0 Å². The Morgan fingerprint density at radius 3 is 0.908 bits per heavy atom. The molecule has 10 fully saturated rings. The second kappa shape index (κ2) is 48.4. The molecule has 131 heavy (non-hydrogen) atoms. The molecule has 10 rings (SSSR count). The summed E-state index contributed by atoms with van der Waals surface area (Å²) in [6, 6.07) is -7.74. The molecule has 0 unspecified atom stereocenters. The Labute approximate surface area is 741 Å². The van der Waals surface area contributed by atoms with E-state index in [2.05, 4.69) is 16.0 Å². The van der Waals surface area contributed by atoms with Gasteiger partial charge in [0.1, 0.15) is 262 Å². The third-order valence-corrected chi connectivity index (χ3v) is 23.9. The Hall–Kier alpha value is -3.71. The van der Waals surface area contributed by atoms with E-state index < -0.39 is 428 Å². The Bertz CT molecular complexity index is 3460. The molecule has 762 valence electrons. The van der Waals surface area contributed by atoms with E-state index in [1.807, 2.05) is 0 Å². The Kier molecular flexibility index (Phi) is 40.4. The molecule has 0 saturated carbocycles. The molecule has 10 aliphatic rings. The van der Waals surface area contributed by atoms with Gasteiger partial charge in [0.2, 0.25) is 17.7 Å². The minimum Gasteiger partial charge on any atom is -0.395 e. The van der Waals surface area contributed by atoms with Gasteiger partial charge in [0, 0.05) is 20.8 Å². The molecule has 3 amide bonds. The van der Waals surface area contributed by atoms with E-state index in [0.717, 1.165) is 20.8 Å². The van der Waals surface area contributed by atoms with E-state index in [1.165, 1.54) is 0 Å². The van der Waals surface area contributed by atoms with Gasteiger partial charge >= 0.3 is 0 Å². The number of ether oxygens (including phenoxy) is 20. The van der Waals surface area contributed by atoms with Crippen molar-refractivity contribution in [3.8, 4) is 0 Å². The predicted octanol–water partition coefficient (Wildman–Crippen LogP) is -24.9. The number of hydrogen-bond acceptors (Lipinski definition) is 56. The maximum absolute atomic E-state index is 13.3. The zero-order valence-electron chi connectivity index (χ0n) is 69.9. The second-order valence-electron chi connectivity index (χ2n) is 32.9. The highest BCUT2D eigenvalue weighted by atomic mass is 16.8. The average molecular weight is 1930 g/mol. The van der Waals surface area contributed by atoms with Gasteiger partial charge in [-0.2, -0.15) is 0 Å². The van der Waals surface area contributed by atoms with E-state index in [1.54, 1.807) is 0 Å². The molecular weight excluding hydrogens is 1800 g/mol. The van der Waals surface area contributed by atoms with Gasteiger partial charge in [0.15, 0.2) is 62.9 Å². The van der Waals surface area contributed by atoms with Gasteiger partial charge in [0.25, 0.3) is 0 Å². The minimum atomic E-state index is -2.67. The van der Waals surface area contributed by atoms with Gasteiger partial charge < -0.3 is 280 Å². The molecule has 0 spiro atoms. The molecule has 59 heteroatoms. The summed E-state index contributed by atoms with van der Waals surface area (Å²) < 4.78 is 119. The monoisotopic (exact) mass is 1920 g/mol. The molecular formula is C72H124N4O55. The first-order valence-corrected chi connectivity index (χ1v) is 41.7. The lowest BCUT2D eigenvalue weighted by Crippen LogP contribution is -2.71. The second-order valence-corrected chi connectivity index (χ2v) is 32.9. The molecule has 0 aromatic heterocycles. The van der Waals surface area contributed by atoms with E-state index in [4.69, 9.17) is 100 Å². The largest absolute Gasteiger partial charge is 0.395 e. The maximum atomic E-state index is 13.3. The summed E-state index contributed by atoms with van der Waals surface area (Å²) in [5.41, 5.74) is 5.85. The quantitative estimate of drug-likeness (QED) is 0.0273. The average Bonchev–Trinajstić information content (AvgIpc) is 0.750. The van der Waals surface area contributed by atoms with Crippen molar-refractivity contribution < 1.29 is 273 Å². The first-order chi connectivity index (χ1) is 62.0. The van der Waals surface area contributed by atoms with Crippen molar-refractivity contribution in [3.05, 3.63) is 0 Å². The van der Waals surface area contributed by atoms with Gasteiger partial charge in [-0.25, -0.2) is 0 Å². The van der Waals surface area contributed by atoms with Crippen molar-refractivity contribution in [1.29, 1.82) is 0 Å². The predicted molar refractivity (Wildman–Crippen MR) is 401 cm³/mol. The first-order valence-electron chi connectivity index (χ1n) is 41.7. The molecule has 10 heterocycles. The van der Waals surface area contributed by atoms with Crippen LogP contribution in [0.15, 0.2) is 0 Å². The number of carbonyl (C=O) groups excluding carboxylic acids is 3. The number of amides is 3. The first kappa shape index (κ1) is 109. The van der Waals surface area contributed by atoms with Crippen LogP contribution in [0.2, 0.25) is 0 Å². The molecule has 37 N–H and O–H groups in total.